The Morgan fingerprint density at radius 1 is 1.06 bits per heavy atom. The molecule has 7 nitrogen and oxygen atoms in total. The number of aliphatic imine (C=N–C) groups is 1. The number of aromatic nitrogens is 1. The van der Waals surface area contributed by atoms with E-state index in [9.17, 15) is 18.0 Å². The van der Waals surface area contributed by atoms with Crippen LogP contribution in [0.25, 0.3) is 0 Å². The molecule has 0 unspecified atom stereocenters. The molecule has 0 aliphatic carbocycles. The van der Waals surface area contributed by atoms with Gasteiger partial charge in [-0.05, 0) is 48.0 Å². The molecule has 0 spiro atoms. The average Bonchev–Trinajstić information content (AvgIpc) is 3.26. The van der Waals surface area contributed by atoms with Gasteiger partial charge in [-0.3, -0.25) is 15.1 Å². The Hall–Kier alpha value is -4.08. The molecular formula is C22H17F3N4O3. The standard InChI is InChI=1S/C22H17F3N4O3/c23-22(24,25)16-4-1-5-17(10-16)28-21(27-12-14-3-2-8-26-11-14)29-20(30)15-6-7-18-19(9-15)32-13-31-18/h1-11H,12-13H2,(H2,27,28,29,30). The van der Waals surface area contributed by atoms with Crippen molar-refractivity contribution in [2.24, 2.45) is 4.99 Å². The summed E-state index contributed by atoms with van der Waals surface area (Å²) in [6.07, 6.45) is -1.29. The van der Waals surface area contributed by atoms with Gasteiger partial charge in [-0.2, -0.15) is 13.2 Å². The van der Waals surface area contributed by atoms with Crippen LogP contribution in [0.1, 0.15) is 21.5 Å². The van der Waals surface area contributed by atoms with E-state index in [1.807, 2.05) is 0 Å². The van der Waals surface area contributed by atoms with Gasteiger partial charge in [-0.25, -0.2) is 4.99 Å². The van der Waals surface area contributed by atoms with Gasteiger partial charge in [0.25, 0.3) is 5.91 Å². The van der Waals surface area contributed by atoms with Crippen molar-refractivity contribution in [3.05, 3.63) is 83.7 Å². The summed E-state index contributed by atoms with van der Waals surface area (Å²) in [5.41, 5.74) is 0.328. The Bertz CT molecular complexity index is 1150. The number of hydrogen-bond donors (Lipinski definition) is 2. The molecule has 2 aromatic carbocycles. The number of hydrogen-bond acceptors (Lipinski definition) is 5. The normalized spacial score (nSPS) is 13.0. The van der Waals surface area contributed by atoms with E-state index in [-0.39, 0.29) is 30.5 Å². The van der Waals surface area contributed by atoms with Gasteiger partial charge in [0, 0.05) is 23.6 Å². The molecule has 4 rings (SSSR count). The predicted octanol–water partition coefficient (Wildman–Crippen LogP) is 4.23. The number of carbonyl (C=O) groups excluding carboxylic acids is 1. The highest BCUT2D eigenvalue weighted by Gasteiger charge is 2.30. The van der Waals surface area contributed by atoms with E-state index in [2.05, 4.69) is 20.6 Å². The van der Waals surface area contributed by atoms with Gasteiger partial charge in [-0.1, -0.05) is 12.1 Å². The first-order chi connectivity index (χ1) is 15.4. The Balaban J connectivity index is 1.57. The van der Waals surface area contributed by atoms with Crippen molar-refractivity contribution < 1.29 is 27.4 Å². The number of amides is 1. The van der Waals surface area contributed by atoms with Gasteiger partial charge in [0.2, 0.25) is 12.8 Å². The zero-order valence-electron chi connectivity index (χ0n) is 16.5. The number of halogens is 3. The number of fused-ring (bicyclic) bond motifs is 1. The number of nitrogens with one attached hydrogen (secondary N) is 2. The van der Waals surface area contributed by atoms with Crippen molar-refractivity contribution in [2.75, 3.05) is 12.1 Å². The van der Waals surface area contributed by atoms with Gasteiger partial charge in [0.15, 0.2) is 11.5 Å². The SMILES string of the molecule is O=C(NC(=NCc1cccnc1)Nc1cccc(C(F)(F)F)c1)c1ccc2c(c1)OCO2. The largest absolute Gasteiger partial charge is 0.454 e. The minimum atomic E-state index is -4.50. The first kappa shape index (κ1) is 21.2. The topological polar surface area (TPSA) is 84.8 Å². The van der Waals surface area contributed by atoms with Crippen molar-refractivity contribution >= 4 is 17.6 Å². The third-order valence-corrected chi connectivity index (χ3v) is 4.46. The summed E-state index contributed by atoms with van der Waals surface area (Å²) in [5, 5.41) is 5.36. The van der Waals surface area contributed by atoms with Crippen LogP contribution < -0.4 is 20.1 Å². The number of pyridine rings is 1. The number of guanidine groups is 1. The highest BCUT2D eigenvalue weighted by atomic mass is 19.4. The highest BCUT2D eigenvalue weighted by molar-refractivity contribution is 6.10. The minimum absolute atomic E-state index is 0.0177. The Labute approximate surface area is 180 Å². The number of rotatable bonds is 4. The van der Waals surface area contributed by atoms with E-state index in [0.29, 0.717) is 11.5 Å². The third-order valence-electron chi connectivity index (χ3n) is 4.46. The molecule has 2 heterocycles. The van der Waals surface area contributed by atoms with Crippen LogP contribution >= 0.6 is 0 Å². The highest BCUT2D eigenvalue weighted by Crippen LogP contribution is 2.32. The molecule has 1 aliphatic rings. The monoisotopic (exact) mass is 442 g/mol. The van der Waals surface area contributed by atoms with E-state index in [4.69, 9.17) is 9.47 Å². The van der Waals surface area contributed by atoms with E-state index >= 15 is 0 Å². The summed E-state index contributed by atoms with van der Waals surface area (Å²) in [7, 11) is 0. The zero-order valence-corrected chi connectivity index (χ0v) is 16.5. The number of anilines is 1. The predicted molar refractivity (Wildman–Crippen MR) is 110 cm³/mol. The van der Waals surface area contributed by atoms with E-state index < -0.39 is 17.6 Å². The summed E-state index contributed by atoms with van der Waals surface area (Å²) in [5.74, 6) is 0.412. The maximum Gasteiger partial charge on any atom is 0.416 e. The zero-order chi connectivity index (χ0) is 22.6. The maximum absolute atomic E-state index is 13.1. The molecular weight excluding hydrogens is 425 g/mol. The van der Waals surface area contributed by atoms with Crippen molar-refractivity contribution in [3.63, 3.8) is 0 Å². The molecule has 10 heteroatoms. The molecule has 0 atom stereocenters. The molecule has 0 saturated heterocycles. The molecule has 0 saturated carbocycles. The number of ether oxygens (including phenoxy) is 2. The fourth-order valence-corrected chi connectivity index (χ4v) is 2.90. The molecule has 2 N–H and O–H groups in total. The van der Waals surface area contributed by atoms with Crippen LogP contribution in [0.4, 0.5) is 18.9 Å². The van der Waals surface area contributed by atoms with Crippen LogP contribution in [0, 0.1) is 0 Å². The van der Waals surface area contributed by atoms with E-state index in [1.54, 1.807) is 36.7 Å². The Morgan fingerprint density at radius 2 is 1.91 bits per heavy atom. The maximum atomic E-state index is 13.1. The van der Waals surface area contributed by atoms with Crippen molar-refractivity contribution in [2.45, 2.75) is 12.7 Å². The van der Waals surface area contributed by atoms with Crippen LogP contribution in [0.3, 0.4) is 0 Å². The molecule has 3 aromatic rings. The Morgan fingerprint density at radius 3 is 2.69 bits per heavy atom. The minimum Gasteiger partial charge on any atom is -0.454 e. The number of carbonyl (C=O) groups is 1. The lowest BCUT2D eigenvalue weighted by molar-refractivity contribution is -0.137. The van der Waals surface area contributed by atoms with Crippen molar-refractivity contribution in [1.29, 1.82) is 0 Å². The second-order valence-corrected chi connectivity index (χ2v) is 6.75. The van der Waals surface area contributed by atoms with Crippen LogP contribution in [0.2, 0.25) is 0 Å². The third kappa shape index (κ3) is 5.15. The van der Waals surface area contributed by atoms with Crippen molar-refractivity contribution in [3.8, 4) is 11.5 Å². The summed E-state index contributed by atoms with van der Waals surface area (Å²) in [4.78, 5) is 21.1. The smallest absolute Gasteiger partial charge is 0.416 e. The van der Waals surface area contributed by atoms with Crippen molar-refractivity contribution in [1.82, 2.24) is 10.3 Å². The van der Waals surface area contributed by atoms with Crippen LogP contribution in [0.15, 0.2) is 72.0 Å². The van der Waals surface area contributed by atoms with Gasteiger partial charge >= 0.3 is 6.18 Å². The molecule has 1 aliphatic heterocycles. The summed E-state index contributed by atoms with van der Waals surface area (Å²) in [6, 6.07) is 12.8. The van der Waals surface area contributed by atoms with E-state index in [0.717, 1.165) is 17.7 Å². The fourth-order valence-electron chi connectivity index (χ4n) is 2.90. The van der Waals surface area contributed by atoms with Gasteiger partial charge < -0.3 is 14.8 Å². The lowest BCUT2D eigenvalue weighted by Crippen LogP contribution is -2.36. The molecule has 164 valence electrons. The van der Waals surface area contributed by atoms with Gasteiger partial charge in [-0.15, -0.1) is 0 Å². The van der Waals surface area contributed by atoms with Crippen LogP contribution in [0.5, 0.6) is 11.5 Å². The molecule has 0 radical (unpaired) electrons. The van der Waals surface area contributed by atoms with Crippen LogP contribution in [-0.2, 0) is 12.7 Å². The first-order valence-electron chi connectivity index (χ1n) is 9.47. The molecule has 32 heavy (non-hydrogen) atoms. The number of nitrogens with zero attached hydrogens (tertiary/aromatic N) is 2. The first-order valence-corrected chi connectivity index (χ1v) is 9.47. The fraction of sp³-hybridized carbons (Fsp3) is 0.136. The summed E-state index contributed by atoms with van der Waals surface area (Å²) >= 11 is 0. The number of benzene rings is 2. The second-order valence-electron chi connectivity index (χ2n) is 6.75. The quantitative estimate of drug-likeness (QED) is 0.467. The molecule has 0 fully saturated rings. The molecule has 1 amide bonds. The van der Waals surface area contributed by atoms with Gasteiger partial charge in [0.05, 0.1) is 12.1 Å². The van der Waals surface area contributed by atoms with Crippen LogP contribution in [-0.4, -0.2) is 23.6 Å². The van der Waals surface area contributed by atoms with Gasteiger partial charge in [0.1, 0.15) is 0 Å². The lowest BCUT2D eigenvalue weighted by Gasteiger charge is -2.14. The summed E-state index contributed by atoms with van der Waals surface area (Å²) in [6.45, 7) is 0.214. The lowest BCUT2D eigenvalue weighted by atomic mass is 10.2. The number of alkyl halides is 3. The second kappa shape index (κ2) is 8.96. The Kier molecular flexibility index (Phi) is 5.93. The molecule has 1 aromatic heterocycles. The average molecular weight is 442 g/mol. The molecule has 0 bridgehead atoms. The van der Waals surface area contributed by atoms with E-state index in [1.165, 1.54) is 18.2 Å². The summed E-state index contributed by atoms with van der Waals surface area (Å²) < 4.78 is 49.7.